The number of para-hydroxylation sites is 1. The maximum atomic E-state index is 12.7. The van der Waals surface area contributed by atoms with Gasteiger partial charge in [-0.15, -0.1) is 0 Å². The molecule has 2 aromatic rings. The van der Waals surface area contributed by atoms with E-state index in [1.54, 1.807) is 17.0 Å². The van der Waals surface area contributed by atoms with Crippen molar-refractivity contribution in [2.45, 2.75) is 18.9 Å². The standard InChI is InChI=1S/C17H18N2O3/c20-16(19-8-6-14-12(10-19)5-7-18-14)13-9-11-3-1-2-4-15(11)22-17(13)21/h1-4,9,12,14,18H,5-8,10H2. The number of piperidine rings is 1. The van der Waals surface area contributed by atoms with Crippen LogP contribution in [0.5, 0.6) is 0 Å². The van der Waals surface area contributed by atoms with E-state index >= 15 is 0 Å². The van der Waals surface area contributed by atoms with Crippen LogP contribution in [0.1, 0.15) is 23.2 Å². The lowest BCUT2D eigenvalue weighted by molar-refractivity contribution is 0.0658. The molecule has 3 heterocycles. The monoisotopic (exact) mass is 298 g/mol. The Hall–Kier alpha value is -2.14. The van der Waals surface area contributed by atoms with Crippen molar-refractivity contribution in [1.29, 1.82) is 0 Å². The van der Waals surface area contributed by atoms with Crippen molar-refractivity contribution < 1.29 is 9.21 Å². The molecule has 2 atom stereocenters. The molecule has 2 aliphatic rings. The van der Waals surface area contributed by atoms with Gasteiger partial charge >= 0.3 is 5.63 Å². The van der Waals surface area contributed by atoms with E-state index in [2.05, 4.69) is 5.32 Å². The number of hydrogen-bond donors (Lipinski definition) is 1. The number of likely N-dealkylation sites (tertiary alicyclic amines) is 1. The van der Waals surface area contributed by atoms with Crippen LogP contribution in [0.4, 0.5) is 0 Å². The number of carbonyl (C=O) groups excluding carboxylic acids is 1. The van der Waals surface area contributed by atoms with Gasteiger partial charge in [-0.05, 0) is 37.4 Å². The third-order valence-corrected chi connectivity index (χ3v) is 4.81. The lowest BCUT2D eigenvalue weighted by Crippen LogP contribution is -2.47. The number of nitrogens with zero attached hydrogens (tertiary/aromatic N) is 1. The summed E-state index contributed by atoms with van der Waals surface area (Å²) in [4.78, 5) is 26.6. The number of amides is 1. The van der Waals surface area contributed by atoms with Crippen molar-refractivity contribution in [3.05, 3.63) is 46.3 Å². The Balaban J connectivity index is 1.65. The fraction of sp³-hybridized carbons (Fsp3) is 0.412. The van der Waals surface area contributed by atoms with Gasteiger partial charge in [0.2, 0.25) is 0 Å². The van der Waals surface area contributed by atoms with Crippen LogP contribution in [0.25, 0.3) is 11.0 Å². The molecule has 2 fully saturated rings. The van der Waals surface area contributed by atoms with E-state index in [1.807, 2.05) is 18.2 Å². The summed E-state index contributed by atoms with van der Waals surface area (Å²) >= 11 is 0. The summed E-state index contributed by atoms with van der Waals surface area (Å²) in [6, 6.07) is 9.44. The predicted molar refractivity (Wildman–Crippen MR) is 82.9 cm³/mol. The van der Waals surface area contributed by atoms with Gasteiger partial charge in [0, 0.05) is 24.5 Å². The predicted octanol–water partition coefficient (Wildman–Crippen LogP) is 1.62. The Bertz CT molecular complexity index is 783. The lowest BCUT2D eigenvalue weighted by atomic mass is 9.93. The van der Waals surface area contributed by atoms with Gasteiger partial charge in [0.1, 0.15) is 11.1 Å². The SMILES string of the molecule is O=C(c1cc2ccccc2oc1=O)N1CCC2NCCC2C1. The average molecular weight is 298 g/mol. The third kappa shape index (κ3) is 2.22. The van der Waals surface area contributed by atoms with Crippen molar-refractivity contribution >= 4 is 16.9 Å². The van der Waals surface area contributed by atoms with E-state index in [0.29, 0.717) is 24.1 Å². The van der Waals surface area contributed by atoms with Crippen LogP contribution in [-0.2, 0) is 0 Å². The van der Waals surface area contributed by atoms with E-state index in [4.69, 9.17) is 4.42 Å². The molecular weight excluding hydrogens is 280 g/mol. The molecule has 22 heavy (non-hydrogen) atoms. The molecule has 5 nitrogen and oxygen atoms in total. The van der Waals surface area contributed by atoms with E-state index in [9.17, 15) is 9.59 Å². The third-order valence-electron chi connectivity index (χ3n) is 4.81. The van der Waals surface area contributed by atoms with Gasteiger partial charge in [-0.1, -0.05) is 18.2 Å². The zero-order valence-electron chi connectivity index (χ0n) is 12.2. The minimum Gasteiger partial charge on any atom is -0.422 e. The smallest absolute Gasteiger partial charge is 0.349 e. The normalized spacial score (nSPS) is 24.5. The van der Waals surface area contributed by atoms with Gasteiger partial charge < -0.3 is 14.6 Å². The minimum atomic E-state index is -0.546. The molecule has 1 amide bonds. The first kappa shape index (κ1) is 13.5. The molecule has 1 aromatic heterocycles. The Labute approximate surface area is 127 Å². The zero-order chi connectivity index (χ0) is 15.1. The largest absolute Gasteiger partial charge is 0.422 e. The van der Waals surface area contributed by atoms with Crippen molar-refractivity contribution in [2.24, 2.45) is 5.92 Å². The zero-order valence-corrected chi connectivity index (χ0v) is 12.2. The van der Waals surface area contributed by atoms with E-state index < -0.39 is 5.63 Å². The van der Waals surface area contributed by atoms with Gasteiger partial charge in [-0.2, -0.15) is 0 Å². The highest BCUT2D eigenvalue weighted by atomic mass is 16.4. The Morgan fingerprint density at radius 1 is 1.27 bits per heavy atom. The Morgan fingerprint density at radius 2 is 2.14 bits per heavy atom. The molecule has 0 radical (unpaired) electrons. The van der Waals surface area contributed by atoms with Crippen molar-refractivity contribution in [3.63, 3.8) is 0 Å². The van der Waals surface area contributed by atoms with Gasteiger partial charge in [0.25, 0.3) is 5.91 Å². The van der Waals surface area contributed by atoms with Gasteiger partial charge in [0.15, 0.2) is 0 Å². The summed E-state index contributed by atoms with van der Waals surface area (Å²) in [5, 5.41) is 4.26. The first-order valence-electron chi connectivity index (χ1n) is 7.78. The van der Waals surface area contributed by atoms with Gasteiger partial charge in [0.05, 0.1) is 0 Å². The van der Waals surface area contributed by atoms with Gasteiger partial charge in [-0.25, -0.2) is 4.79 Å². The molecule has 5 heteroatoms. The van der Waals surface area contributed by atoms with E-state index in [0.717, 1.165) is 31.3 Å². The molecule has 2 unspecified atom stereocenters. The molecule has 114 valence electrons. The maximum absolute atomic E-state index is 12.7. The fourth-order valence-electron chi connectivity index (χ4n) is 3.61. The van der Waals surface area contributed by atoms with Crippen LogP contribution in [0.2, 0.25) is 0 Å². The van der Waals surface area contributed by atoms with Crippen LogP contribution in [0, 0.1) is 5.92 Å². The second kappa shape index (κ2) is 5.25. The summed E-state index contributed by atoms with van der Waals surface area (Å²) in [5.74, 6) is 0.301. The quantitative estimate of drug-likeness (QED) is 0.813. The van der Waals surface area contributed by atoms with Crippen molar-refractivity contribution in [1.82, 2.24) is 10.2 Å². The van der Waals surface area contributed by atoms with E-state index in [1.165, 1.54) is 0 Å². The summed E-state index contributed by atoms with van der Waals surface area (Å²) in [6.07, 6.45) is 2.05. The highest BCUT2D eigenvalue weighted by Gasteiger charge is 2.35. The highest BCUT2D eigenvalue weighted by molar-refractivity contribution is 5.96. The molecular formula is C17H18N2O3. The molecule has 0 saturated carbocycles. The number of rotatable bonds is 1. The second-order valence-electron chi connectivity index (χ2n) is 6.13. The molecule has 0 aliphatic carbocycles. The Kier molecular flexibility index (Phi) is 3.22. The van der Waals surface area contributed by atoms with E-state index in [-0.39, 0.29) is 11.5 Å². The topological polar surface area (TPSA) is 62.6 Å². The minimum absolute atomic E-state index is 0.142. The molecule has 1 N–H and O–H groups in total. The first-order chi connectivity index (χ1) is 10.7. The lowest BCUT2D eigenvalue weighted by Gasteiger charge is -2.34. The summed E-state index contributed by atoms with van der Waals surface area (Å²) in [6.45, 7) is 2.44. The van der Waals surface area contributed by atoms with Crippen LogP contribution >= 0.6 is 0 Å². The fourth-order valence-corrected chi connectivity index (χ4v) is 3.61. The molecule has 4 rings (SSSR count). The number of carbonyl (C=O) groups is 1. The molecule has 1 aromatic carbocycles. The van der Waals surface area contributed by atoms with Crippen LogP contribution < -0.4 is 10.9 Å². The summed E-state index contributed by atoms with van der Waals surface area (Å²) in [5.41, 5.74) is 0.112. The van der Waals surface area contributed by atoms with Crippen LogP contribution in [-0.4, -0.2) is 36.5 Å². The number of benzene rings is 1. The average Bonchev–Trinajstić information content (AvgIpc) is 3.01. The second-order valence-corrected chi connectivity index (χ2v) is 6.13. The Morgan fingerprint density at radius 3 is 3.05 bits per heavy atom. The molecule has 0 spiro atoms. The van der Waals surface area contributed by atoms with Crippen molar-refractivity contribution in [2.75, 3.05) is 19.6 Å². The first-order valence-corrected chi connectivity index (χ1v) is 7.78. The number of fused-ring (bicyclic) bond motifs is 2. The molecule has 2 saturated heterocycles. The molecule has 2 aliphatic heterocycles. The number of nitrogens with one attached hydrogen (secondary N) is 1. The van der Waals surface area contributed by atoms with Crippen molar-refractivity contribution in [3.8, 4) is 0 Å². The maximum Gasteiger partial charge on any atom is 0.349 e. The van der Waals surface area contributed by atoms with Gasteiger partial charge in [-0.3, -0.25) is 4.79 Å². The van der Waals surface area contributed by atoms with Crippen LogP contribution in [0.3, 0.4) is 0 Å². The number of hydrogen-bond acceptors (Lipinski definition) is 4. The molecule has 0 bridgehead atoms. The van der Waals surface area contributed by atoms with Crippen LogP contribution in [0.15, 0.2) is 39.5 Å². The summed E-state index contributed by atoms with van der Waals surface area (Å²) in [7, 11) is 0. The summed E-state index contributed by atoms with van der Waals surface area (Å²) < 4.78 is 5.28. The highest BCUT2D eigenvalue weighted by Crippen LogP contribution is 2.25.